The summed E-state index contributed by atoms with van der Waals surface area (Å²) < 4.78 is 0. The zero-order valence-corrected chi connectivity index (χ0v) is 16.5. The van der Waals surface area contributed by atoms with E-state index < -0.39 is 0 Å². The van der Waals surface area contributed by atoms with Crippen LogP contribution in [0.15, 0.2) is 37.0 Å². The fraction of sp³-hybridized carbons (Fsp3) is 0.714. The molecule has 0 unspecified atom stereocenters. The van der Waals surface area contributed by atoms with Gasteiger partial charge in [-0.2, -0.15) is 0 Å². The normalized spacial score (nSPS) is 11.3. The van der Waals surface area contributed by atoms with Gasteiger partial charge < -0.3 is 10.2 Å². The highest BCUT2D eigenvalue weighted by Crippen LogP contribution is 2.11. The van der Waals surface area contributed by atoms with Crippen LogP contribution in [0.3, 0.4) is 0 Å². The lowest BCUT2D eigenvalue weighted by atomic mass is 9.98. The summed E-state index contributed by atoms with van der Waals surface area (Å²) in [6, 6.07) is 0. The molecule has 0 aliphatic rings. The summed E-state index contributed by atoms with van der Waals surface area (Å²) in [5.41, 5.74) is 1.23. The number of hydrogen-bond acceptors (Lipinski definition) is 2. The van der Waals surface area contributed by atoms with E-state index in [1.807, 2.05) is 25.3 Å². The second kappa shape index (κ2) is 19.2. The predicted octanol–water partition coefficient (Wildman–Crippen LogP) is 5.44. The fourth-order valence-electron chi connectivity index (χ4n) is 2.61. The second-order valence-electron chi connectivity index (χ2n) is 6.27. The molecular formula is C21H42N2. The van der Waals surface area contributed by atoms with Gasteiger partial charge in [-0.05, 0) is 57.9 Å². The van der Waals surface area contributed by atoms with Gasteiger partial charge in [0.2, 0.25) is 0 Å². The molecule has 0 aromatic rings. The lowest BCUT2D eigenvalue weighted by Crippen LogP contribution is -2.21. The molecule has 2 heteroatoms. The number of rotatable bonds is 13. The maximum absolute atomic E-state index is 3.77. The van der Waals surface area contributed by atoms with Gasteiger partial charge in [0.15, 0.2) is 0 Å². The molecule has 0 radical (unpaired) electrons. The minimum absolute atomic E-state index is 0.917. The largest absolute Gasteiger partial charge is 0.319 e. The van der Waals surface area contributed by atoms with Gasteiger partial charge in [-0.1, -0.05) is 71.4 Å². The van der Waals surface area contributed by atoms with Crippen molar-refractivity contribution in [3.8, 4) is 0 Å². The molecule has 0 aliphatic carbocycles. The minimum Gasteiger partial charge on any atom is -0.319 e. The molecule has 0 fully saturated rings. The van der Waals surface area contributed by atoms with Crippen LogP contribution in [-0.4, -0.2) is 38.6 Å². The molecule has 23 heavy (non-hydrogen) atoms. The maximum atomic E-state index is 3.77. The van der Waals surface area contributed by atoms with E-state index in [0.29, 0.717) is 0 Å². The van der Waals surface area contributed by atoms with E-state index in [-0.39, 0.29) is 0 Å². The Bertz CT molecular complexity index is 280. The van der Waals surface area contributed by atoms with Crippen LogP contribution in [-0.2, 0) is 0 Å². The average Bonchev–Trinajstić information content (AvgIpc) is 2.54. The van der Waals surface area contributed by atoms with Crippen LogP contribution in [0.5, 0.6) is 0 Å². The molecule has 0 aliphatic heterocycles. The van der Waals surface area contributed by atoms with E-state index in [4.69, 9.17) is 0 Å². The van der Waals surface area contributed by atoms with Gasteiger partial charge in [0.1, 0.15) is 0 Å². The zero-order valence-electron chi connectivity index (χ0n) is 16.5. The van der Waals surface area contributed by atoms with Crippen LogP contribution < -0.4 is 5.32 Å². The quantitative estimate of drug-likeness (QED) is 0.454. The first kappa shape index (κ1) is 24.4. The van der Waals surface area contributed by atoms with Crippen LogP contribution >= 0.6 is 0 Å². The third-order valence-corrected chi connectivity index (χ3v) is 3.83. The molecular weight excluding hydrogens is 280 g/mol. The lowest BCUT2D eigenvalue weighted by molar-refractivity contribution is 0.357. The van der Waals surface area contributed by atoms with Crippen molar-refractivity contribution < 1.29 is 0 Å². The van der Waals surface area contributed by atoms with E-state index in [1.54, 1.807) is 0 Å². The summed E-state index contributed by atoms with van der Waals surface area (Å²) in [7, 11) is 4.18. The highest BCUT2D eigenvalue weighted by Gasteiger charge is 2.03. The summed E-state index contributed by atoms with van der Waals surface area (Å²) in [5, 5.41) is 3.24. The minimum atomic E-state index is 0.917. The Balaban J connectivity index is 0. The molecule has 0 rings (SSSR count). The van der Waals surface area contributed by atoms with Crippen molar-refractivity contribution in [2.45, 2.75) is 59.3 Å². The van der Waals surface area contributed by atoms with Crippen molar-refractivity contribution >= 4 is 0 Å². The van der Waals surface area contributed by atoms with Gasteiger partial charge in [-0.25, -0.2) is 0 Å². The zero-order chi connectivity index (χ0) is 17.9. The standard InChI is InChI=1S/C12H21N.C9H21N/c1-5-8-10-13(4)11-12(7-3)9-6-2;1-4-6-9(7-5-2)8-10-3/h6-7,9H,2-3,5,8,10-11H2,1,4H3;9-10H,4-8H2,1-3H3/b12-9+;. The van der Waals surface area contributed by atoms with Crippen LogP contribution in [0.2, 0.25) is 0 Å². The number of nitrogens with zero attached hydrogens (tertiary/aromatic N) is 1. The highest BCUT2D eigenvalue weighted by atomic mass is 15.1. The van der Waals surface area contributed by atoms with Gasteiger partial charge in [0.05, 0.1) is 0 Å². The average molecular weight is 323 g/mol. The Morgan fingerprint density at radius 1 is 1.09 bits per heavy atom. The van der Waals surface area contributed by atoms with Crippen molar-refractivity contribution in [2.24, 2.45) is 5.92 Å². The number of hydrogen-bond donors (Lipinski definition) is 1. The highest BCUT2D eigenvalue weighted by molar-refractivity contribution is 5.22. The van der Waals surface area contributed by atoms with Gasteiger partial charge >= 0.3 is 0 Å². The second-order valence-corrected chi connectivity index (χ2v) is 6.27. The smallest absolute Gasteiger partial charge is 0.0230 e. The van der Waals surface area contributed by atoms with Crippen LogP contribution in [0, 0.1) is 5.92 Å². The van der Waals surface area contributed by atoms with Gasteiger partial charge in [-0.15, -0.1) is 0 Å². The molecule has 0 aromatic heterocycles. The monoisotopic (exact) mass is 322 g/mol. The van der Waals surface area contributed by atoms with Gasteiger partial charge in [0, 0.05) is 6.54 Å². The fourth-order valence-corrected chi connectivity index (χ4v) is 2.61. The maximum Gasteiger partial charge on any atom is 0.0230 e. The summed E-state index contributed by atoms with van der Waals surface area (Å²) in [5.74, 6) is 0.917. The molecule has 1 N–H and O–H groups in total. The van der Waals surface area contributed by atoms with Crippen molar-refractivity contribution in [1.29, 1.82) is 0 Å². The van der Waals surface area contributed by atoms with Crippen molar-refractivity contribution in [1.82, 2.24) is 10.2 Å². The van der Waals surface area contributed by atoms with Crippen LogP contribution in [0.4, 0.5) is 0 Å². The first-order valence-corrected chi connectivity index (χ1v) is 9.36. The molecule has 0 saturated heterocycles. The van der Waals surface area contributed by atoms with Crippen molar-refractivity contribution in [3.63, 3.8) is 0 Å². The number of nitrogens with one attached hydrogen (secondary N) is 1. The molecule has 2 nitrogen and oxygen atoms in total. The van der Waals surface area contributed by atoms with E-state index in [9.17, 15) is 0 Å². The van der Waals surface area contributed by atoms with Crippen LogP contribution in [0.1, 0.15) is 59.3 Å². The van der Waals surface area contributed by atoms with E-state index >= 15 is 0 Å². The lowest BCUT2D eigenvalue weighted by Gasteiger charge is -2.16. The topological polar surface area (TPSA) is 15.3 Å². The van der Waals surface area contributed by atoms with Crippen LogP contribution in [0.25, 0.3) is 0 Å². The Labute approximate surface area is 146 Å². The molecule has 136 valence electrons. The summed E-state index contributed by atoms with van der Waals surface area (Å²) in [6.45, 7) is 17.5. The molecule has 0 aromatic carbocycles. The molecule has 0 spiro atoms. The van der Waals surface area contributed by atoms with Gasteiger partial charge in [0.25, 0.3) is 0 Å². The summed E-state index contributed by atoms with van der Waals surface area (Å²) in [4.78, 5) is 2.31. The Hall–Kier alpha value is -0.860. The first-order valence-electron chi connectivity index (χ1n) is 9.36. The van der Waals surface area contributed by atoms with Gasteiger partial charge in [-0.3, -0.25) is 0 Å². The molecule has 0 atom stereocenters. The Morgan fingerprint density at radius 2 is 1.70 bits per heavy atom. The summed E-state index contributed by atoms with van der Waals surface area (Å²) >= 11 is 0. The number of likely N-dealkylation sites (N-methyl/N-ethyl adjacent to an activating group) is 1. The van der Waals surface area contributed by atoms with E-state index in [0.717, 1.165) is 19.0 Å². The molecule has 0 bridgehead atoms. The first-order chi connectivity index (χ1) is 11.1. The van der Waals surface area contributed by atoms with E-state index in [2.05, 4.69) is 51.2 Å². The molecule has 0 amide bonds. The Kier molecular flexibility index (Phi) is 20.3. The number of unbranched alkanes of at least 4 members (excludes halogenated alkanes) is 1. The third kappa shape index (κ3) is 17.3. The predicted molar refractivity (Wildman–Crippen MR) is 108 cm³/mol. The number of allylic oxidation sites excluding steroid dienone is 2. The van der Waals surface area contributed by atoms with E-state index in [1.165, 1.54) is 50.6 Å². The summed E-state index contributed by atoms with van der Waals surface area (Å²) in [6.07, 6.45) is 13.6. The molecule has 0 saturated carbocycles. The Morgan fingerprint density at radius 3 is 2.09 bits per heavy atom. The van der Waals surface area contributed by atoms with Crippen molar-refractivity contribution in [3.05, 3.63) is 37.0 Å². The molecule has 0 heterocycles. The SMILES string of the molecule is C=C/C=C(\C=C)CN(C)CCCC.CCCC(CCC)CNC. The third-order valence-electron chi connectivity index (χ3n) is 3.83. The van der Waals surface area contributed by atoms with Crippen molar-refractivity contribution in [2.75, 3.05) is 33.7 Å².